The molecular formula is C18H2Cl4I6N2O6. The summed E-state index contributed by atoms with van der Waals surface area (Å²) in [5.74, 6) is -2.40. The first-order valence-corrected chi connectivity index (χ1v) is 16.3. The molecule has 36 heavy (non-hydrogen) atoms. The third kappa shape index (κ3) is 7.08. The number of amides is 2. The lowest BCUT2D eigenvalue weighted by Gasteiger charge is -2.18. The van der Waals surface area contributed by atoms with Crippen LogP contribution in [0, 0.1) is 21.4 Å². The molecule has 2 aromatic carbocycles. The van der Waals surface area contributed by atoms with Gasteiger partial charge in [0.2, 0.25) is 0 Å². The van der Waals surface area contributed by atoms with Crippen LogP contribution in [0.1, 0.15) is 41.4 Å². The van der Waals surface area contributed by atoms with E-state index in [2.05, 4.69) is 10.6 Å². The van der Waals surface area contributed by atoms with E-state index in [1.165, 1.54) is 0 Å². The summed E-state index contributed by atoms with van der Waals surface area (Å²) >= 11 is 33.1. The van der Waals surface area contributed by atoms with Gasteiger partial charge in [-0.2, -0.15) is 0 Å². The molecule has 0 atom stereocenters. The Kier molecular flexibility index (Phi) is 13.1. The lowest BCUT2D eigenvalue weighted by atomic mass is 10.1. The molecule has 0 unspecified atom stereocenters. The first-order chi connectivity index (χ1) is 16.5. The Morgan fingerprint density at radius 2 is 0.611 bits per heavy atom. The van der Waals surface area contributed by atoms with Gasteiger partial charge in [-0.25, -0.2) is 0 Å². The van der Waals surface area contributed by atoms with Gasteiger partial charge < -0.3 is 10.6 Å². The molecule has 0 aliphatic rings. The monoisotopic (exact) mass is 1240 g/mol. The number of halogens is 10. The molecule has 0 fully saturated rings. The maximum atomic E-state index is 12.8. The molecule has 0 saturated carbocycles. The quantitative estimate of drug-likeness (QED) is 0.177. The molecule has 8 nitrogen and oxygen atoms in total. The van der Waals surface area contributed by atoms with Crippen LogP contribution in [0.25, 0.3) is 0 Å². The highest BCUT2D eigenvalue weighted by Gasteiger charge is 2.31. The summed E-state index contributed by atoms with van der Waals surface area (Å²) < 4.78 is 1.06. The van der Waals surface area contributed by atoms with Crippen LogP contribution in [0.2, 0.25) is 0 Å². The Hall–Kier alpha value is 1.60. The van der Waals surface area contributed by atoms with Crippen molar-refractivity contribution >= 4 is 226 Å². The normalized spacial score (nSPS) is 10.6. The van der Waals surface area contributed by atoms with E-state index in [4.69, 9.17) is 46.4 Å². The Bertz CT molecular complexity index is 1230. The third-order valence-electron chi connectivity index (χ3n) is 4.10. The second-order valence-electron chi connectivity index (χ2n) is 6.14. The first kappa shape index (κ1) is 33.8. The molecule has 0 aliphatic carbocycles. The summed E-state index contributed by atoms with van der Waals surface area (Å²) in [7, 11) is 0. The molecule has 0 aliphatic heterocycles. The zero-order chi connectivity index (χ0) is 27.8. The Morgan fingerprint density at radius 3 is 0.778 bits per heavy atom. The molecule has 2 amide bonds. The van der Waals surface area contributed by atoms with Gasteiger partial charge in [0.1, 0.15) is 0 Å². The van der Waals surface area contributed by atoms with E-state index < -0.39 is 32.8 Å². The maximum Gasteiger partial charge on any atom is 0.314 e. The molecule has 2 rings (SSSR count). The highest BCUT2D eigenvalue weighted by Crippen LogP contribution is 2.39. The number of hydrogen-bond acceptors (Lipinski definition) is 6. The van der Waals surface area contributed by atoms with Gasteiger partial charge in [0.25, 0.3) is 21.0 Å². The van der Waals surface area contributed by atoms with Crippen molar-refractivity contribution in [2.24, 2.45) is 0 Å². The van der Waals surface area contributed by atoms with E-state index in [0.29, 0.717) is 0 Å². The van der Waals surface area contributed by atoms with Gasteiger partial charge in [0.05, 0.1) is 47.9 Å². The average molecular weight is 1250 g/mol. The number of carbonyl (C=O) groups is 6. The van der Waals surface area contributed by atoms with E-state index in [9.17, 15) is 28.8 Å². The average Bonchev–Trinajstić information content (AvgIpc) is 2.72. The zero-order valence-electron chi connectivity index (χ0n) is 16.2. The van der Waals surface area contributed by atoms with Crippen molar-refractivity contribution < 1.29 is 28.8 Å². The summed E-state index contributed by atoms with van der Waals surface area (Å²) in [6.07, 6.45) is 0. The molecule has 2 N–H and O–H groups in total. The highest BCUT2D eigenvalue weighted by molar-refractivity contribution is 14.1. The van der Waals surface area contributed by atoms with Crippen molar-refractivity contribution in [2.75, 3.05) is 10.6 Å². The lowest BCUT2D eigenvalue weighted by molar-refractivity contribution is -0.133. The second-order valence-corrected chi connectivity index (χ2v) is 14.0. The van der Waals surface area contributed by atoms with Crippen LogP contribution in [0.5, 0.6) is 0 Å². The fourth-order valence-corrected chi connectivity index (χ4v) is 13.4. The van der Waals surface area contributed by atoms with Crippen molar-refractivity contribution in [3.05, 3.63) is 43.7 Å². The summed E-state index contributed by atoms with van der Waals surface area (Å²) in [5, 5.41) is 1.10. The van der Waals surface area contributed by atoms with Gasteiger partial charge in [-0.15, -0.1) is 0 Å². The molecule has 0 heterocycles. The summed E-state index contributed by atoms with van der Waals surface area (Å²) in [6, 6.07) is 0. The molecule has 0 bridgehead atoms. The molecule has 18 heteroatoms. The molecule has 190 valence electrons. The zero-order valence-corrected chi connectivity index (χ0v) is 32.2. The van der Waals surface area contributed by atoms with Crippen LogP contribution >= 0.6 is 182 Å². The van der Waals surface area contributed by atoms with Crippen LogP contribution in [0.3, 0.4) is 0 Å². The van der Waals surface area contributed by atoms with E-state index >= 15 is 0 Å². The predicted octanol–water partition coefficient (Wildman–Crippen LogP) is 7.41. The maximum absolute atomic E-state index is 12.8. The van der Waals surface area contributed by atoms with Crippen LogP contribution < -0.4 is 10.6 Å². The smallest absolute Gasteiger partial charge is 0.314 e. The standard InChI is InChI=1S/C18H2Cl4I6N2O6/c19-13(31)1-5(23)2(14(20)32)8(26)11(7(1)25)29-17(35)18(36)30-12-9(27)3(15(21)33)6(24)4(10(12)28)16(22)34/h(H,29,35)(H,30,36). The van der Waals surface area contributed by atoms with Gasteiger partial charge in [-0.05, 0) is 182 Å². The Morgan fingerprint density at radius 1 is 0.417 bits per heavy atom. The van der Waals surface area contributed by atoms with Crippen molar-refractivity contribution in [1.82, 2.24) is 0 Å². The fourth-order valence-electron chi connectivity index (χ4n) is 2.58. The van der Waals surface area contributed by atoms with E-state index in [1.807, 2.05) is 0 Å². The van der Waals surface area contributed by atoms with Crippen LogP contribution in [0.4, 0.5) is 11.4 Å². The van der Waals surface area contributed by atoms with Gasteiger partial charge in [-0.1, -0.05) is 0 Å². The largest absolute Gasteiger partial charge is 0.316 e. The molecule has 0 aromatic heterocycles. The van der Waals surface area contributed by atoms with E-state index in [-0.39, 0.29) is 55.0 Å². The van der Waals surface area contributed by atoms with Gasteiger partial charge >= 0.3 is 11.8 Å². The van der Waals surface area contributed by atoms with Crippen LogP contribution in [0.15, 0.2) is 0 Å². The van der Waals surface area contributed by atoms with Gasteiger partial charge in [0.15, 0.2) is 0 Å². The Balaban J connectivity index is 2.60. The fraction of sp³-hybridized carbons (Fsp3) is 0. The predicted molar refractivity (Wildman–Crippen MR) is 187 cm³/mol. The first-order valence-electron chi connectivity index (χ1n) is 8.36. The topological polar surface area (TPSA) is 126 Å². The number of rotatable bonds is 6. The van der Waals surface area contributed by atoms with Gasteiger partial charge in [-0.3, -0.25) is 28.8 Å². The van der Waals surface area contributed by atoms with Crippen molar-refractivity contribution in [3.8, 4) is 0 Å². The summed E-state index contributed by atoms with van der Waals surface area (Å²) in [6.45, 7) is 0. The van der Waals surface area contributed by atoms with E-state index in [1.54, 1.807) is 136 Å². The summed E-state index contributed by atoms with van der Waals surface area (Å²) in [4.78, 5) is 73.6. The Labute approximate surface area is 304 Å². The number of anilines is 2. The molecule has 0 radical (unpaired) electrons. The van der Waals surface area contributed by atoms with Crippen molar-refractivity contribution in [1.29, 1.82) is 0 Å². The molecule has 2 aromatic rings. The van der Waals surface area contributed by atoms with E-state index in [0.717, 1.165) is 0 Å². The minimum Gasteiger partial charge on any atom is -0.316 e. The number of hydrogen-bond donors (Lipinski definition) is 2. The SMILES string of the molecule is O=C(Nc1c(I)c(C(=O)Cl)c(I)c(C(=O)Cl)c1I)C(=O)Nc1c(I)c(C(=O)Cl)c(I)c(C(=O)Cl)c1I. The number of nitrogens with one attached hydrogen (secondary N) is 2. The van der Waals surface area contributed by atoms with Gasteiger partial charge in [0, 0.05) is 7.14 Å². The lowest BCUT2D eigenvalue weighted by Crippen LogP contribution is -2.31. The third-order valence-corrected chi connectivity index (χ3v) is 11.3. The number of benzene rings is 2. The van der Waals surface area contributed by atoms with Crippen LogP contribution in [-0.4, -0.2) is 32.8 Å². The minimum atomic E-state index is -1.20. The van der Waals surface area contributed by atoms with Crippen molar-refractivity contribution in [3.63, 3.8) is 0 Å². The second kappa shape index (κ2) is 14.0. The molecule has 0 saturated heterocycles. The minimum absolute atomic E-state index is 0.0370. The summed E-state index contributed by atoms with van der Waals surface area (Å²) in [5.41, 5.74) is -0.369. The molecular weight excluding hydrogens is 1240 g/mol. The molecule has 0 spiro atoms. The van der Waals surface area contributed by atoms with Crippen LogP contribution in [-0.2, 0) is 9.59 Å². The van der Waals surface area contributed by atoms with Crippen molar-refractivity contribution in [2.45, 2.75) is 0 Å². The highest BCUT2D eigenvalue weighted by atomic mass is 127. The number of carbonyl (C=O) groups excluding carboxylic acids is 6.